The minimum atomic E-state index is 0.263. The number of nitrogens with zero attached hydrogens (tertiary/aromatic N) is 1. The highest BCUT2D eigenvalue weighted by Gasteiger charge is 2.75. The number of hydrogen-bond acceptors (Lipinski definition) is 2. The molecule has 0 aromatic rings. The molecule has 1 spiro atoms. The van der Waals surface area contributed by atoms with Gasteiger partial charge in [-0.15, -0.1) is 0 Å². The van der Waals surface area contributed by atoms with Crippen LogP contribution < -0.4 is 0 Å². The summed E-state index contributed by atoms with van der Waals surface area (Å²) >= 11 is 0. The molecule has 3 aliphatic carbocycles. The Bertz CT molecular complexity index is 500. The molecule has 0 aromatic heterocycles. The normalized spacial score (nSPS) is 59.1. The van der Waals surface area contributed by atoms with E-state index in [4.69, 9.17) is 4.84 Å². The summed E-state index contributed by atoms with van der Waals surface area (Å²) in [6.07, 6.45) is 10.9. The molecule has 118 valence electrons. The van der Waals surface area contributed by atoms with Crippen LogP contribution in [0.25, 0.3) is 0 Å². The Balaban J connectivity index is 2.01. The van der Waals surface area contributed by atoms with Gasteiger partial charge in [-0.25, -0.2) is 0 Å². The molecule has 0 aromatic carbocycles. The first-order valence-corrected chi connectivity index (χ1v) is 8.96. The van der Waals surface area contributed by atoms with Crippen molar-refractivity contribution in [3.63, 3.8) is 0 Å². The van der Waals surface area contributed by atoms with Crippen molar-refractivity contribution < 1.29 is 4.84 Å². The van der Waals surface area contributed by atoms with Gasteiger partial charge in [-0.2, -0.15) is 5.06 Å². The Morgan fingerprint density at radius 3 is 2.76 bits per heavy atom. The lowest BCUT2D eigenvalue weighted by molar-refractivity contribution is -0.205. The van der Waals surface area contributed by atoms with Crippen molar-refractivity contribution in [2.24, 2.45) is 22.7 Å². The molecule has 6 atom stereocenters. The molecule has 3 fully saturated rings. The highest BCUT2D eigenvalue weighted by molar-refractivity contribution is 5.29. The summed E-state index contributed by atoms with van der Waals surface area (Å²) < 4.78 is 0. The van der Waals surface area contributed by atoms with Gasteiger partial charge in [-0.05, 0) is 56.3 Å². The van der Waals surface area contributed by atoms with Gasteiger partial charge in [-0.3, -0.25) is 4.84 Å². The minimum Gasteiger partial charge on any atom is -0.294 e. The molecule has 0 radical (unpaired) electrons. The van der Waals surface area contributed by atoms with Crippen LogP contribution in [0.2, 0.25) is 0 Å². The maximum absolute atomic E-state index is 6.54. The van der Waals surface area contributed by atoms with Gasteiger partial charge in [0.15, 0.2) is 0 Å². The molecule has 21 heavy (non-hydrogen) atoms. The van der Waals surface area contributed by atoms with E-state index in [2.05, 4.69) is 45.9 Å². The maximum atomic E-state index is 6.54. The van der Waals surface area contributed by atoms with Crippen LogP contribution >= 0.6 is 0 Å². The lowest BCUT2D eigenvalue weighted by atomic mass is 9.43. The van der Waals surface area contributed by atoms with E-state index >= 15 is 0 Å². The summed E-state index contributed by atoms with van der Waals surface area (Å²) in [5.41, 5.74) is 2.54. The first kappa shape index (κ1) is 14.3. The van der Waals surface area contributed by atoms with Gasteiger partial charge < -0.3 is 0 Å². The Morgan fingerprint density at radius 1 is 1.24 bits per heavy atom. The lowest BCUT2D eigenvalue weighted by Gasteiger charge is -2.63. The van der Waals surface area contributed by atoms with Crippen LogP contribution in [0.1, 0.15) is 66.2 Å². The summed E-state index contributed by atoms with van der Waals surface area (Å²) in [5.74, 6) is 1.44. The molecule has 3 unspecified atom stereocenters. The van der Waals surface area contributed by atoms with Crippen LogP contribution in [0.3, 0.4) is 0 Å². The van der Waals surface area contributed by atoms with Crippen molar-refractivity contribution in [2.75, 3.05) is 7.05 Å². The second-order valence-corrected chi connectivity index (χ2v) is 8.69. The summed E-state index contributed by atoms with van der Waals surface area (Å²) in [4.78, 5) is 6.54. The smallest absolute Gasteiger partial charge is 0.0904 e. The van der Waals surface area contributed by atoms with E-state index in [1.807, 2.05) is 0 Å². The minimum absolute atomic E-state index is 0.263. The molecule has 0 amide bonds. The fourth-order valence-electron chi connectivity index (χ4n) is 7.25. The first-order valence-electron chi connectivity index (χ1n) is 8.96. The monoisotopic (exact) mass is 289 g/mol. The van der Waals surface area contributed by atoms with Crippen LogP contribution in [-0.2, 0) is 4.84 Å². The Hall–Kier alpha value is -0.340. The summed E-state index contributed by atoms with van der Waals surface area (Å²) in [6, 6.07) is 0. The average Bonchev–Trinajstić information content (AvgIpc) is 2.92. The summed E-state index contributed by atoms with van der Waals surface area (Å²) in [6.45, 7) is 9.86. The number of hydrogen-bond donors (Lipinski definition) is 0. The predicted octanol–water partition coefficient (Wildman–Crippen LogP) is 4.56. The molecular weight excluding hydrogens is 258 g/mol. The molecule has 2 nitrogen and oxygen atoms in total. The topological polar surface area (TPSA) is 12.5 Å². The van der Waals surface area contributed by atoms with Crippen molar-refractivity contribution >= 4 is 0 Å². The van der Waals surface area contributed by atoms with Crippen LogP contribution in [0.5, 0.6) is 0 Å². The maximum Gasteiger partial charge on any atom is 0.0904 e. The van der Waals surface area contributed by atoms with Gasteiger partial charge in [0.25, 0.3) is 0 Å². The molecule has 4 aliphatic rings. The molecule has 4 rings (SSSR count). The third-order valence-electron chi connectivity index (χ3n) is 8.33. The Kier molecular flexibility index (Phi) is 2.81. The highest BCUT2D eigenvalue weighted by Crippen LogP contribution is 2.73. The summed E-state index contributed by atoms with van der Waals surface area (Å²) in [7, 11) is 2.24. The molecule has 1 aliphatic heterocycles. The molecule has 2 saturated carbocycles. The first-order chi connectivity index (χ1) is 9.88. The van der Waals surface area contributed by atoms with Gasteiger partial charge in [0.2, 0.25) is 0 Å². The SMILES string of the molecule is C/C1=C/[C@H](C)C23CCC[C@]24N(C)O[C@H](C1)C4(C)C(C)CC3. The molecular formula is C19H31NO. The van der Waals surface area contributed by atoms with E-state index in [9.17, 15) is 0 Å². The van der Waals surface area contributed by atoms with Gasteiger partial charge in [0.1, 0.15) is 0 Å². The van der Waals surface area contributed by atoms with Crippen molar-refractivity contribution in [3.05, 3.63) is 11.6 Å². The van der Waals surface area contributed by atoms with E-state index in [0.717, 1.165) is 12.3 Å². The number of rotatable bonds is 0. The summed E-state index contributed by atoms with van der Waals surface area (Å²) in [5, 5.41) is 2.35. The zero-order chi connectivity index (χ0) is 15.0. The van der Waals surface area contributed by atoms with E-state index < -0.39 is 0 Å². The van der Waals surface area contributed by atoms with Crippen LogP contribution in [-0.4, -0.2) is 23.8 Å². The van der Waals surface area contributed by atoms with Crippen molar-refractivity contribution in [2.45, 2.75) is 77.9 Å². The van der Waals surface area contributed by atoms with Gasteiger partial charge in [-0.1, -0.05) is 38.8 Å². The van der Waals surface area contributed by atoms with Crippen molar-refractivity contribution in [1.29, 1.82) is 0 Å². The quantitative estimate of drug-likeness (QED) is 0.606. The Labute approximate surface area is 129 Å². The predicted molar refractivity (Wildman–Crippen MR) is 85.7 cm³/mol. The van der Waals surface area contributed by atoms with Gasteiger partial charge in [0, 0.05) is 12.5 Å². The third kappa shape index (κ3) is 1.34. The molecule has 1 heterocycles. The van der Waals surface area contributed by atoms with Crippen molar-refractivity contribution in [1.82, 2.24) is 5.06 Å². The zero-order valence-electron chi connectivity index (χ0n) is 14.4. The average molecular weight is 289 g/mol. The second kappa shape index (κ2) is 4.14. The van der Waals surface area contributed by atoms with Gasteiger partial charge in [0.05, 0.1) is 11.6 Å². The molecule has 0 N–H and O–H groups in total. The van der Waals surface area contributed by atoms with Gasteiger partial charge >= 0.3 is 0 Å². The number of allylic oxidation sites excluding steroid dienone is 1. The van der Waals surface area contributed by atoms with Crippen LogP contribution in [0.4, 0.5) is 0 Å². The number of hydroxylamine groups is 2. The second-order valence-electron chi connectivity index (χ2n) is 8.69. The molecule has 1 saturated heterocycles. The molecule has 4 bridgehead atoms. The zero-order valence-corrected chi connectivity index (χ0v) is 14.4. The van der Waals surface area contributed by atoms with E-state index in [1.54, 1.807) is 5.57 Å². The van der Waals surface area contributed by atoms with E-state index in [-0.39, 0.29) is 5.54 Å². The Morgan fingerprint density at radius 2 is 2.00 bits per heavy atom. The standard InChI is InChI=1S/C19H31NO/c1-13-11-15(3)18-8-6-9-19(18)17(4,14(2)7-10-18)16(12-13)21-20(19)5/h11,14-16H,6-10,12H2,1-5H3/b13-11-/t14?,15-,16+,17?,18?,19+/m0/s1. The highest BCUT2D eigenvalue weighted by atomic mass is 16.7. The molecule has 2 heteroatoms. The third-order valence-corrected chi connectivity index (χ3v) is 8.33. The van der Waals surface area contributed by atoms with Crippen molar-refractivity contribution in [3.8, 4) is 0 Å². The fraction of sp³-hybridized carbons (Fsp3) is 0.895. The lowest BCUT2D eigenvalue weighted by Crippen LogP contribution is -2.67. The largest absolute Gasteiger partial charge is 0.294 e. The van der Waals surface area contributed by atoms with Crippen LogP contribution in [0.15, 0.2) is 11.6 Å². The van der Waals surface area contributed by atoms with E-state index in [1.165, 1.54) is 32.1 Å². The van der Waals surface area contributed by atoms with E-state index in [0.29, 0.717) is 22.9 Å². The fourth-order valence-corrected chi connectivity index (χ4v) is 7.25. The van der Waals surface area contributed by atoms with Crippen LogP contribution in [0, 0.1) is 22.7 Å².